The zero-order valence-electron chi connectivity index (χ0n) is 10.0. The van der Waals surface area contributed by atoms with Crippen LogP contribution in [0.1, 0.15) is 11.1 Å². The van der Waals surface area contributed by atoms with Crippen molar-refractivity contribution in [3.63, 3.8) is 0 Å². The number of rotatable bonds is 4. The van der Waals surface area contributed by atoms with E-state index in [0.717, 1.165) is 28.5 Å². The predicted molar refractivity (Wildman–Crippen MR) is 81.6 cm³/mol. The summed E-state index contributed by atoms with van der Waals surface area (Å²) in [6.07, 6.45) is 4.46. The first-order valence-corrected chi connectivity index (χ1v) is 6.56. The molecule has 0 spiro atoms. The van der Waals surface area contributed by atoms with Gasteiger partial charge in [0.1, 0.15) is 0 Å². The lowest BCUT2D eigenvalue weighted by molar-refractivity contribution is 0.282. The quantitative estimate of drug-likeness (QED) is 0.397. The number of hydrazone groups is 1. The van der Waals surface area contributed by atoms with Gasteiger partial charge >= 0.3 is 0 Å². The van der Waals surface area contributed by atoms with E-state index in [1.54, 1.807) is 3.22 Å². The van der Waals surface area contributed by atoms with Crippen LogP contribution in [0.4, 0.5) is 0 Å². The Labute approximate surface area is 120 Å². The molecule has 0 unspecified atom stereocenters. The third-order valence-corrected chi connectivity index (χ3v) is 2.80. The molecule has 2 aromatic rings. The second kappa shape index (κ2) is 6.10. The molecule has 0 fully saturated rings. The van der Waals surface area contributed by atoms with Crippen LogP contribution in [0.3, 0.4) is 0 Å². The molecule has 0 saturated heterocycles. The van der Waals surface area contributed by atoms with E-state index >= 15 is 0 Å². The Bertz CT molecular complexity index is 569. The summed E-state index contributed by atoms with van der Waals surface area (Å²) in [5, 5.41) is 14.3. The largest absolute Gasteiger partial charge is 0.392 e. The van der Waals surface area contributed by atoms with Crippen molar-refractivity contribution >= 4 is 40.0 Å². The number of hydrogen-bond donors (Lipinski definition) is 1. The number of aliphatic hydroxyl groups excluding tert-OH is 1. The minimum Gasteiger partial charge on any atom is -0.392 e. The van der Waals surface area contributed by atoms with Crippen LogP contribution < -0.4 is 0 Å². The molecule has 0 radical (unpaired) electrons. The summed E-state index contributed by atoms with van der Waals surface area (Å²) >= 11 is 2.10. The van der Waals surface area contributed by atoms with E-state index < -0.39 is 0 Å². The highest BCUT2D eigenvalue weighted by Gasteiger charge is 1.99. The van der Waals surface area contributed by atoms with Crippen molar-refractivity contribution in [2.24, 2.45) is 5.10 Å². The van der Waals surface area contributed by atoms with Gasteiger partial charge in [0.2, 0.25) is 0 Å². The molecule has 0 bridgehead atoms. The molecular weight excluding hydrogens is 341 g/mol. The molecule has 1 N–H and O–H groups in total. The topological polar surface area (TPSA) is 48.7 Å². The van der Waals surface area contributed by atoms with Gasteiger partial charge in [0.25, 0.3) is 0 Å². The molecule has 0 aliphatic rings. The second-order valence-electron chi connectivity index (χ2n) is 3.98. The average Bonchev–Trinajstić information content (AvgIpc) is 2.37. The van der Waals surface area contributed by atoms with Crippen LogP contribution in [0, 0.1) is 0 Å². The van der Waals surface area contributed by atoms with Crippen molar-refractivity contribution in [3.05, 3.63) is 41.6 Å². The summed E-state index contributed by atoms with van der Waals surface area (Å²) < 4.78 is 1.73. The van der Waals surface area contributed by atoms with E-state index in [-0.39, 0.29) is 6.61 Å². The molecule has 1 aromatic carbocycles. The van der Waals surface area contributed by atoms with E-state index in [1.807, 2.05) is 37.7 Å². The molecule has 0 atom stereocenters. The van der Waals surface area contributed by atoms with E-state index in [1.165, 1.54) is 0 Å². The first kappa shape index (κ1) is 13.2. The number of fused-ring (bicyclic) bond motifs is 1. The van der Waals surface area contributed by atoms with Crippen LogP contribution in [-0.4, -0.2) is 26.6 Å². The van der Waals surface area contributed by atoms with Gasteiger partial charge in [-0.2, -0.15) is 5.10 Å². The molecule has 2 rings (SSSR count). The fourth-order valence-electron chi connectivity index (χ4n) is 1.70. The summed E-state index contributed by atoms with van der Waals surface area (Å²) in [6, 6.07) is 7.87. The van der Waals surface area contributed by atoms with Crippen LogP contribution in [0.25, 0.3) is 10.9 Å². The number of pyridine rings is 1. The summed E-state index contributed by atoms with van der Waals surface area (Å²) in [5.74, 6) is 0. The predicted octanol–water partition coefficient (Wildman–Crippen LogP) is 2.54. The maximum atomic E-state index is 9.12. The van der Waals surface area contributed by atoms with Crippen LogP contribution in [0.15, 0.2) is 35.6 Å². The molecule has 18 heavy (non-hydrogen) atoms. The normalized spacial score (nSPS) is 11.3. The molecule has 94 valence electrons. The maximum absolute atomic E-state index is 9.12. The number of benzene rings is 1. The minimum atomic E-state index is 0.0568. The molecule has 1 heterocycles. The number of aliphatic hydroxyl groups is 1. The molecule has 5 heteroatoms. The Morgan fingerprint density at radius 2 is 2.17 bits per heavy atom. The standard InChI is InChI=1S/C13H14IN3O/c1-17(14)16-5-4-10-6-12-7-11(9-18)2-3-13(12)15-8-10/h2-3,5-8,18H,4,9H2,1H3/b16-5-. The number of aromatic nitrogens is 1. The molecule has 0 amide bonds. The van der Waals surface area contributed by atoms with Gasteiger partial charge in [-0.05, 0) is 29.3 Å². The van der Waals surface area contributed by atoms with Gasteiger partial charge in [-0.25, -0.2) is 3.22 Å². The SMILES string of the molecule is CN(I)/N=C\Cc1cnc2ccc(CO)cc2c1. The van der Waals surface area contributed by atoms with Gasteiger partial charge in [-0.1, -0.05) is 6.07 Å². The first-order chi connectivity index (χ1) is 8.69. The van der Waals surface area contributed by atoms with E-state index in [4.69, 9.17) is 5.11 Å². The van der Waals surface area contributed by atoms with Crippen LogP contribution in [0.5, 0.6) is 0 Å². The average molecular weight is 355 g/mol. The molecule has 1 aromatic heterocycles. The van der Waals surface area contributed by atoms with Gasteiger partial charge in [-0.15, -0.1) is 0 Å². The van der Waals surface area contributed by atoms with Gasteiger partial charge in [0.15, 0.2) is 0 Å². The van der Waals surface area contributed by atoms with Crippen LogP contribution >= 0.6 is 22.9 Å². The minimum absolute atomic E-state index is 0.0568. The summed E-state index contributed by atoms with van der Waals surface area (Å²) in [4.78, 5) is 4.40. The first-order valence-electron chi connectivity index (χ1n) is 5.59. The lowest BCUT2D eigenvalue weighted by Gasteiger charge is -2.03. The van der Waals surface area contributed by atoms with Crippen molar-refractivity contribution < 1.29 is 5.11 Å². The van der Waals surface area contributed by atoms with Crippen molar-refractivity contribution in [3.8, 4) is 0 Å². The Morgan fingerprint density at radius 3 is 2.89 bits per heavy atom. The summed E-state index contributed by atoms with van der Waals surface area (Å²) in [6.45, 7) is 0.0568. The third-order valence-electron chi connectivity index (χ3n) is 2.55. The Morgan fingerprint density at radius 1 is 1.39 bits per heavy atom. The highest BCUT2D eigenvalue weighted by Crippen LogP contribution is 2.15. The van der Waals surface area contributed by atoms with Crippen molar-refractivity contribution in [2.75, 3.05) is 7.05 Å². The van der Waals surface area contributed by atoms with E-state index in [2.05, 4.69) is 39.0 Å². The maximum Gasteiger partial charge on any atom is 0.0780 e. The van der Waals surface area contributed by atoms with E-state index in [0.29, 0.717) is 0 Å². The zero-order valence-corrected chi connectivity index (χ0v) is 12.2. The molecular formula is C13H14IN3O. The number of hydrogen-bond acceptors (Lipinski definition) is 4. The van der Waals surface area contributed by atoms with Crippen molar-refractivity contribution in [1.29, 1.82) is 0 Å². The van der Waals surface area contributed by atoms with E-state index in [9.17, 15) is 0 Å². The lowest BCUT2D eigenvalue weighted by Crippen LogP contribution is -1.95. The smallest absolute Gasteiger partial charge is 0.0780 e. The molecule has 0 saturated carbocycles. The van der Waals surface area contributed by atoms with Gasteiger partial charge < -0.3 is 5.11 Å². The third kappa shape index (κ3) is 3.39. The Kier molecular flexibility index (Phi) is 4.48. The van der Waals surface area contributed by atoms with Crippen molar-refractivity contribution in [1.82, 2.24) is 8.21 Å². The van der Waals surface area contributed by atoms with Crippen molar-refractivity contribution in [2.45, 2.75) is 13.0 Å². The highest BCUT2D eigenvalue weighted by molar-refractivity contribution is 14.1. The zero-order chi connectivity index (χ0) is 13.0. The van der Waals surface area contributed by atoms with Crippen LogP contribution in [-0.2, 0) is 13.0 Å². The van der Waals surface area contributed by atoms with Crippen LogP contribution in [0.2, 0.25) is 0 Å². The number of nitrogens with zero attached hydrogens (tertiary/aromatic N) is 3. The number of halogens is 1. The summed E-state index contributed by atoms with van der Waals surface area (Å²) in [7, 11) is 1.88. The van der Waals surface area contributed by atoms with Gasteiger partial charge in [0.05, 0.1) is 35.0 Å². The Hall–Kier alpha value is -1.21. The lowest BCUT2D eigenvalue weighted by atomic mass is 10.1. The fourth-order valence-corrected chi connectivity index (χ4v) is 1.87. The molecule has 4 nitrogen and oxygen atoms in total. The molecule has 0 aliphatic carbocycles. The Balaban J connectivity index is 2.25. The molecule has 0 aliphatic heterocycles. The second-order valence-corrected chi connectivity index (χ2v) is 5.37. The summed E-state index contributed by atoms with van der Waals surface area (Å²) in [5.41, 5.74) is 2.96. The monoisotopic (exact) mass is 355 g/mol. The van der Waals surface area contributed by atoms with Gasteiger partial charge in [0, 0.05) is 31.3 Å². The van der Waals surface area contributed by atoms with Gasteiger partial charge in [-0.3, -0.25) is 4.98 Å². The fraction of sp³-hybridized carbons (Fsp3) is 0.231. The highest BCUT2D eigenvalue weighted by atomic mass is 127.